The van der Waals surface area contributed by atoms with Crippen molar-refractivity contribution < 1.29 is 23.6 Å². The fourth-order valence-electron chi connectivity index (χ4n) is 4.39. The van der Waals surface area contributed by atoms with Gasteiger partial charge >= 0.3 is 5.97 Å². The van der Waals surface area contributed by atoms with E-state index >= 15 is 0 Å². The van der Waals surface area contributed by atoms with E-state index in [2.05, 4.69) is 20.3 Å². The molecule has 0 saturated carbocycles. The van der Waals surface area contributed by atoms with Gasteiger partial charge in [0.2, 0.25) is 0 Å². The summed E-state index contributed by atoms with van der Waals surface area (Å²) in [6.07, 6.45) is 2.27. The number of amides is 1. The van der Waals surface area contributed by atoms with Gasteiger partial charge in [-0.2, -0.15) is 0 Å². The van der Waals surface area contributed by atoms with E-state index in [-0.39, 0.29) is 17.9 Å². The first-order chi connectivity index (χ1) is 16.1. The highest BCUT2D eigenvalue weighted by atomic mass is 31.2. The van der Waals surface area contributed by atoms with Crippen LogP contribution in [-0.2, 0) is 18.8 Å². The zero-order chi connectivity index (χ0) is 24.5. The smallest absolute Gasteiger partial charge is 0.303 e. The summed E-state index contributed by atoms with van der Waals surface area (Å²) in [7, 11) is -2.21. The fourth-order valence-corrected chi connectivity index (χ4v) is 5.26. The number of hydrogen-bond donors (Lipinski definition) is 1. The van der Waals surface area contributed by atoms with Crippen LogP contribution in [0.4, 0.5) is 0 Å². The topological polar surface area (TPSA) is 122 Å². The molecule has 182 valence electrons. The van der Waals surface area contributed by atoms with Crippen LogP contribution >= 0.6 is 7.14 Å². The van der Waals surface area contributed by atoms with Crippen LogP contribution in [0.3, 0.4) is 0 Å². The number of amidine groups is 1. The third kappa shape index (κ3) is 5.28. The van der Waals surface area contributed by atoms with Crippen molar-refractivity contribution in [3.8, 4) is 0 Å². The molecule has 4 rings (SSSR count). The van der Waals surface area contributed by atoms with E-state index in [0.717, 1.165) is 0 Å². The quantitative estimate of drug-likeness (QED) is 0.485. The van der Waals surface area contributed by atoms with Crippen LogP contribution < -0.4 is 5.32 Å². The predicted molar refractivity (Wildman–Crippen MR) is 130 cm³/mol. The highest BCUT2D eigenvalue weighted by Gasteiger charge is 2.51. The Morgan fingerprint density at radius 1 is 1.21 bits per heavy atom. The molecule has 0 spiro atoms. The average molecular weight is 487 g/mol. The normalized spacial score (nSPS) is 30.1. The second-order valence-corrected chi connectivity index (χ2v) is 12.8. The minimum Gasteiger partial charge on any atom is -0.457 e. The van der Waals surface area contributed by atoms with E-state index in [1.165, 1.54) is 13.3 Å². The highest BCUT2D eigenvalue weighted by molar-refractivity contribution is 7.62. The average Bonchev–Trinajstić information content (AvgIpc) is 3.34. The third-order valence-corrected chi connectivity index (χ3v) is 7.51. The number of fused-ring (bicyclic) bond motifs is 1. The zero-order valence-corrected chi connectivity index (χ0v) is 20.6. The molecule has 1 saturated heterocycles. The molecule has 3 heterocycles. The predicted octanol–water partition coefficient (Wildman–Crippen LogP) is 2.20. The molecule has 0 radical (unpaired) electrons. The van der Waals surface area contributed by atoms with E-state index in [1.54, 1.807) is 43.9 Å². The van der Waals surface area contributed by atoms with Crippen molar-refractivity contribution in [2.45, 2.75) is 50.9 Å². The van der Waals surface area contributed by atoms with Gasteiger partial charge in [-0.05, 0) is 31.9 Å². The van der Waals surface area contributed by atoms with Crippen molar-refractivity contribution in [3.05, 3.63) is 35.9 Å². The molecule has 0 bridgehead atoms. The maximum atomic E-state index is 12.6. The molecule has 1 N–H and O–H groups in total. The number of hydrogen-bond acceptors (Lipinski definition) is 9. The van der Waals surface area contributed by atoms with Gasteiger partial charge in [0.25, 0.3) is 5.91 Å². The summed E-state index contributed by atoms with van der Waals surface area (Å²) in [6.45, 7) is 6.85. The number of nitrogens with one attached hydrogen (secondary N) is 1. The second kappa shape index (κ2) is 9.80. The van der Waals surface area contributed by atoms with Gasteiger partial charge in [0.1, 0.15) is 12.2 Å². The van der Waals surface area contributed by atoms with Crippen molar-refractivity contribution in [2.75, 3.05) is 19.5 Å². The van der Waals surface area contributed by atoms with Gasteiger partial charge in [0, 0.05) is 24.6 Å². The second-order valence-electron chi connectivity index (χ2n) is 9.25. The summed E-state index contributed by atoms with van der Waals surface area (Å²) in [5, 5.41) is 2.84. The minimum absolute atomic E-state index is 0.105. The summed E-state index contributed by atoms with van der Waals surface area (Å²) in [5.41, 5.74) is 0.512. The van der Waals surface area contributed by atoms with E-state index in [0.29, 0.717) is 24.0 Å². The highest BCUT2D eigenvalue weighted by Crippen LogP contribution is 2.41. The Morgan fingerprint density at radius 3 is 2.62 bits per heavy atom. The Bertz CT molecular complexity index is 1070. The first-order valence-electron chi connectivity index (χ1n) is 11.3. The summed E-state index contributed by atoms with van der Waals surface area (Å²) >= 11 is 0. The van der Waals surface area contributed by atoms with Gasteiger partial charge in [-0.15, -0.1) is 0 Å². The first kappa shape index (κ1) is 24.3. The molecule has 3 aliphatic rings. The number of rotatable bonds is 6. The van der Waals surface area contributed by atoms with Crippen LogP contribution in [0.15, 0.2) is 45.3 Å². The lowest BCUT2D eigenvalue weighted by Crippen LogP contribution is -2.53. The maximum absolute atomic E-state index is 12.6. The first-order valence-corrected chi connectivity index (χ1v) is 14.1. The Morgan fingerprint density at radius 2 is 1.94 bits per heavy atom. The van der Waals surface area contributed by atoms with Crippen LogP contribution in [0.1, 0.15) is 30.6 Å². The van der Waals surface area contributed by atoms with Gasteiger partial charge in [-0.3, -0.25) is 14.6 Å². The SMILES string of the molecule is CC(=O)O[C@@H]1[C@H](C)[C@@H](CCP(C)(C)=O)O[C@H]1N1C=NC2C(NC(=O)c3ccccc3)=NC=NC21. The van der Waals surface area contributed by atoms with E-state index in [1.807, 2.05) is 17.9 Å². The molecule has 1 amide bonds. The maximum Gasteiger partial charge on any atom is 0.303 e. The van der Waals surface area contributed by atoms with Crippen molar-refractivity contribution in [2.24, 2.45) is 20.9 Å². The molecule has 2 unspecified atom stereocenters. The lowest BCUT2D eigenvalue weighted by Gasteiger charge is -2.33. The van der Waals surface area contributed by atoms with Gasteiger partial charge in [0.05, 0.1) is 19.6 Å². The number of esters is 1. The molecular weight excluding hydrogens is 457 g/mol. The minimum atomic E-state index is -2.21. The molecule has 1 aromatic rings. The number of aliphatic imine (C=N–C) groups is 3. The van der Waals surface area contributed by atoms with Crippen molar-refractivity contribution in [1.82, 2.24) is 10.2 Å². The number of carbonyl (C=O) groups excluding carboxylic acids is 2. The summed E-state index contributed by atoms with van der Waals surface area (Å²) in [5.74, 6) is -0.405. The third-order valence-electron chi connectivity index (χ3n) is 6.17. The van der Waals surface area contributed by atoms with Crippen molar-refractivity contribution in [3.63, 3.8) is 0 Å². The molecule has 10 nitrogen and oxygen atoms in total. The van der Waals surface area contributed by atoms with Gasteiger partial charge in [0.15, 0.2) is 24.5 Å². The summed E-state index contributed by atoms with van der Waals surface area (Å²) in [6, 6.07) is 8.33. The van der Waals surface area contributed by atoms with Crippen LogP contribution in [0.2, 0.25) is 0 Å². The zero-order valence-electron chi connectivity index (χ0n) is 19.7. The lowest BCUT2D eigenvalue weighted by molar-refractivity contribution is -0.155. The monoisotopic (exact) mass is 487 g/mol. The van der Waals surface area contributed by atoms with Crippen molar-refractivity contribution in [1.29, 1.82) is 0 Å². The molecule has 1 fully saturated rings. The molecule has 0 aliphatic carbocycles. The summed E-state index contributed by atoms with van der Waals surface area (Å²) < 4.78 is 24.2. The Hall–Kier alpha value is -2.84. The van der Waals surface area contributed by atoms with E-state index < -0.39 is 37.7 Å². The fraction of sp³-hybridized carbons (Fsp3) is 0.522. The lowest BCUT2D eigenvalue weighted by atomic mass is 9.98. The molecule has 3 aliphatic heterocycles. The van der Waals surface area contributed by atoms with Gasteiger partial charge < -0.3 is 24.3 Å². The van der Waals surface area contributed by atoms with Crippen LogP contribution in [0, 0.1) is 5.92 Å². The summed E-state index contributed by atoms with van der Waals surface area (Å²) in [4.78, 5) is 39.6. The largest absolute Gasteiger partial charge is 0.457 e. The molecular formula is C23H30N5O5P. The Labute approximate surface area is 198 Å². The van der Waals surface area contributed by atoms with Crippen molar-refractivity contribution >= 4 is 37.5 Å². The van der Waals surface area contributed by atoms with E-state index in [9.17, 15) is 14.2 Å². The Kier molecular flexibility index (Phi) is 7.00. The van der Waals surface area contributed by atoms with E-state index in [4.69, 9.17) is 9.47 Å². The number of carbonyl (C=O) groups is 2. The molecule has 1 aromatic carbocycles. The number of ether oxygens (including phenoxy) is 2. The number of benzene rings is 1. The molecule has 6 atom stereocenters. The molecule has 11 heteroatoms. The van der Waals surface area contributed by atoms with Crippen LogP contribution in [0.5, 0.6) is 0 Å². The van der Waals surface area contributed by atoms with Crippen LogP contribution in [-0.4, -0.2) is 85.4 Å². The molecule has 0 aromatic heterocycles. The van der Waals surface area contributed by atoms with Crippen LogP contribution in [0.25, 0.3) is 0 Å². The van der Waals surface area contributed by atoms with Gasteiger partial charge in [-0.25, -0.2) is 9.98 Å². The number of nitrogens with zero attached hydrogens (tertiary/aromatic N) is 4. The molecule has 34 heavy (non-hydrogen) atoms. The standard InChI is InChI=1S/C23H30N5O5P/c1-14-17(10-11-34(3,4)31)33-23(19(14)32-15(2)29)28-13-26-18-20(24-12-25-21(18)28)27-22(30)16-8-6-5-7-9-16/h5-9,12-14,17-19,21,23H,10-11H2,1-4H3,(H,24,25,27,30)/t14-,17-,18?,19-,21?,23-/m1/s1. The van der Waals surface area contributed by atoms with Gasteiger partial charge in [-0.1, -0.05) is 25.1 Å². The Balaban J connectivity index is 1.49.